The molecule has 0 aliphatic heterocycles. The van der Waals surface area contributed by atoms with Gasteiger partial charge in [0.05, 0.1) is 10.0 Å². The van der Waals surface area contributed by atoms with Gasteiger partial charge in [0, 0.05) is 10.6 Å². The summed E-state index contributed by atoms with van der Waals surface area (Å²) in [6, 6.07) is 6.64. The van der Waals surface area contributed by atoms with Gasteiger partial charge in [-0.3, -0.25) is 4.79 Å². The second kappa shape index (κ2) is 7.55. The monoisotopic (exact) mass is 383 g/mol. The molecule has 4 nitrogen and oxygen atoms in total. The smallest absolute Gasteiger partial charge is 0.348 e. The summed E-state index contributed by atoms with van der Waals surface area (Å²) in [7, 11) is 0. The maximum atomic E-state index is 12.1. The Kier molecular flexibility index (Phi) is 5.43. The first-order valence-corrected chi connectivity index (χ1v) is 9.14. The first-order valence-electron chi connectivity index (χ1n) is 7.56. The molecule has 1 aliphatic rings. The normalized spacial score (nSPS) is 13.2. The minimum absolute atomic E-state index is 0.343. The van der Waals surface area contributed by atoms with Gasteiger partial charge in [0.2, 0.25) is 0 Å². The highest BCUT2D eigenvalue weighted by molar-refractivity contribution is 7.14. The third-order valence-electron chi connectivity index (χ3n) is 3.74. The fourth-order valence-corrected chi connectivity index (χ4v) is 4.01. The highest BCUT2D eigenvalue weighted by atomic mass is 35.5. The zero-order valence-electron chi connectivity index (χ0n) is 12.7. The first kappa shape index (κ1) is 17.3. The van der Waals surface area contributed by atoms with E-state index in [4.69, 9.17) is 27.9 Å². The number of thiophene rings is 1. The van der Waals surface area contributed by atoms with Gasteiger partial charge < -0.3 is 10.1 Å². The van der Waals surface area contributed by atoms with E-state index in [1.54, 1.807) is 12.1 Å². The van der Waals surface area contributed by atoms with E-state index in [0.29, 0.717) is 20.6 Å². The van der Waals surface area contributed by atoms with Crippen LogP contribution in [0.1, 0.15) is 33.0 Å². The van der Waals surface area contributed by atoms with Crippen LogP contribution in [0.3, 0.4) is 0 Å². The predicted octanol–water partition coefficient (Wildman–Crippen LogP) is 4.73. The summed E-state index contributed by atoms with van der Waals surface area (Å²) in [5, 5.41) is 3.36. The molecule has 0 spiro atoms. The molecule has 126 valence electrons. The fourth-order valence-electron chi connectivity index (χ4n) is 2.56. The van der Waals surface area contributed by atoms with Crippen LogP contribution in [0.25, 0.3) is 0 Å². The molecule has 0 bridgehead atoms. The van der Waals surface area contributed by atoms with Crippen molar-refractivity contribution in [2.75, 3.05) is 11.9 Å². The lowest BCUT2D eigenvalue weighted by molar-refractivity contribution is -0.119. The van der Waals surface area contributed by atoms with Gasteiger partial charge >= 0.3 is 5.97 Å². The molecule has 1 aliphatic carbocycles. The number of halogens is 2. The van der Waals surface area contributed by atoms with Gasteiger partial charge in [-0.05, 0) is 55.5 Å². The van der Waals surface area contributed by atoms with Crippen LogP contribution >= 0.6 is 34.5 Å². The average molecular weight is 384 g/mol. The molecule has 0 radical (unpaired) electrons. The molecule has 7 heteroatoms. The van der Waals surface area contributed by atoms with Gasteiger partial charge in [0.15, 0.2) is 6.61 Å². The second-order valence-corrected chi connectivity index (χ2v) is 7.47. The molecule has 2 aromatic rings. The van der Waals surface area contributed by atoms with Crippen molar-refractivity contribution in [1.82, 2.24) is 0 Å². The highest BCUT2D eigenvalue weighted by Gasteiger charge is 2.19. The predicted molar refractivity (Wildman–Crippen MR) is 96.3 cm³/mol. The van der Waals surface area contributed by atoms with Crippen molar-refractivity contribution in [3.05, 3.63) is 49.6 Å². The first-order chi connectivity index (χ1) is 11.5. The fraction of sp³-hybridized carbons (Fsp3) is 0.294. The highest BCUT2D eigenvalue weighted by Crippen LogP contribution is 2.30. The zero-order valence-corrected chi connectivity index (χ0v) is 15.1. The number of amides is 1. The Morgan fingerprint density at radius 3 is 2.67 bits per heavy atom. The van der Waals surface area contributed by atoms with Crippen LogP contribution in [-0.2, 0) is 22.4 Å². The van der Waals surface area contributed by atoms with Crippen LogP contribution in [0.5, 0.6) is 0 Å². The van der Waals surface area contributed by atoms with Gasteiger partial charge in [0.1, 0.15) is 4.88 Å². The molecule has 1 aromatic heterocycles. The Hall–Kier alpha value is -1.56. The molecule has 24 heavy (non-hydrogen) atoms. The standard InChI is InChI=1S/C17H15Cl2NO3S/c18-12-6-5-11(8-13(12)19)20-16(21)9-23-17(22)15-7-10-3-1-2-4-14(10)24-15/h5-8H,1-4,9H2,(H,20,21). The quantitative estimate of drug-likeness (QED) is 0.776. The van der Waals surface area contributed by atoms with E-state index in [0.717, 1.165) is 25.7 Å². The van der Waals surface area contributed by atoms with Crippen molar-refractivity contribution in [3.8, 4) is 0 Å². The van der Waals surface area contributed by atoms with Crippen LogP contribution in [-0.4, -0.2) is 18.5 Å². The lowest BCUT2D eigenvalue weighted by Crippen LogP contribution is -2.20. The molecular weight excluding hydrogens is 369 g/mol. The summed E-state index contributed by atoms with van der Waals surface area (Å²) in [6.45, 7) is -0.346. The van der Waals surface area contributed by atoms with E-state index in [1.807, 2.05) is 6.07 Å². The van der Waals surface area contributed by atoms with E-state index in [-0.39, 0.29) is 6.61 Å². The van der Waals surface area contributed by atoms with Crippen molar-refractivity contribution in [1.29, 1.82) is 0 Å². The number of fused-ring (bicyclic) bond motifs is 1. The third-order valence-corrected chi connectivity index (χ3v) is 5.69. The van der Waals surface area contributed by atoms with Crippen LogP contribution in [0.2, 0.25) is 10.0 Å². The second-order valence-electron chi connectivity index (χ2n) is 5.52. The topological polar surface area (TPSA) is 55.4 Å². The number of hydrogen-bond acceptors (Lipinski definition) is 4. The summed E-state index contributed by atoms with van der Waals surface area (Å²) in [4.78, 5) is 25.8. The van der Waals surface area contributed by atoms with E-state index < -0.39 is 11.9 Å². The van der Waals surface area contributed by atoms with E-state index in [9.17, 15) is 9.59 Å². The maximum Gasteiger partial charge on any atom is 0.348 e. The molecular formula is C17H15Cl2NO3S. The number of carbonyl (C=O) groups excluding carboxylic acids is 2. The van der Waals surface area contributed by atoms with E-state index in [2.05, 4.69) is 5.32 Å². The molecule has 0 saturated heterocycles. The number of carbonyl (C=O) groups is 2. The van der Waals surface area contributed by atoms with Crippen LogP contribution in [0, 0.1) is 0 Å². The number of benzene rings is 1. The number of ether oxygens (including phenoxy) is 1. The van der Waals surface area contributed by atoms with E-state index in [1.165, 1.54) is 27.8 Å². The number of aryl methyl sites for hydroxylation is 2. The Morgan fingerprint density at radius 2 is 1.92 bits per heavy atom. The van der Waals surface area contributed by atoms with Crippen molar-refractivity contribution in [2.24, 2.45) is 0 Å². The maximum absolute atomic E-state index is 12.1. The largest absolute Gasteiger partial charge is 0.451 e. The summed E-state index contributed by atoms with van der Waals surface area (Å²) in [6.07, 6.45) is 4.35. The van der Waals surface area contributed by atoms with Gasteiger partial charge in [0.25, 0.3) is 5.91 Å². The summed E-state index contributed by atoms with van der Waals surface area (Å²) in [5.41, 5.74) is 1.73. The van der Waals surface area contributed by atoms with Crippen LogP contribution < -0.4 is 5.32 Å². The molecule has 0 fully saturated rings. The lowest BCUT2D eigenvalue weighted by Gasteiger charge is -2.08. The summed E-state index contributed by atoms with van der Waals surface area (Å²) >= 11 is 13.2. The number of anilines is 1. The molecule has 1 amide bonds. The molecule has 0 atom stereocenters. The number of nitrogens with one attached hydrogen (secondary N) is 1. The van der Waals surface area contributed by atoms with Crippen molar-refractivity contribution < 1.29 is 14.3 Å². The zero-order chi connectivity index (χ0) is 17.1. The van der Waals surface area contributed by atoms with Crippen LogP contribution in [0.15, 0.2) is 24.3 Å². The molecule has 3 rings (SSSR count). The molecule has 1 N–H and O–H groups in total. The minimum Gasteiger partial charge on any atom is -0.451 e. The Labute approximate surface area is 153 Å². The minimum atomic E-state index is -0.460. The van der Waals surface area contributed by atoms with E-state index >= 15 is 0 Å². The van der Waals surface area contributed by atoms with Crippen LogP contribution in [0.4, 0.5) is 5.69 Å². The summed E-state index contributed by atoms with van der Waals surface area (Å²) in [5.74, 6) is -0.887. The molecule has 0 unspecified atom stereocenters. The Bertz CT molecular complexity index is 765. The number of esters is 1. The molecule has 1 aromatic carbocycles. The SMILES string of the molecule is O=C(COC(=O)c1cc2c(s1)CCCC2)Nc1ccc(Cl)c(Cl)c1. The lowest BCUT2D eigenvalue weighted by atomic mass is 9.99. The average Bonchev–Trinajstić information content (AvgIpc) is 3.00. The van der Waals surface area contributed by atoms with Gasteiger partial charge in [-0.25, -0.2) is 4.79 Å². The van der Waals surface area contributed by atoms with Crippen molar-refractivity contribution >= 4 is 52.1 Å². The Balaban J connectivity index is 1.54. The summed E-state index contributed by atoms with van der Waals surface area (Å²) < 4.78 is 5.09. The molecule has 1 heterocycles. The van der Waals surface area contributed by atoms with Crippen molar-refractivity contribution in [3.63, 3.8) is 0 Å². The van der Waals surface area contributed by atoms with Gasteiger partial charge in [-0.15, -0.1) is 11.3 Å². The number of hydrogen-bond donors (Lipinski definition) is 1. The van der Waals surface area contributed by atoms with Crippen molar-refractivity contribution in [2.45, 2.75) is 25.7 Å². The molecule has 0 saturated carbocycles. The third kappa shape index (κ3) is 4.09. The Morgan fingerprint density at radius 1 is 1.12 bits per heavy atom. The van der Waals surface area contributed by atoms with Gasteiger partial charge in [-0.1, -0.05) is 23.2 Å². The van der Waals surface area contributed by atoms with Gasteiger partial charge in [-0.2, -0.15) is 0 Å². The number of rotatable bonds is 4.